The number of hydrogen-bond acceptors (Lipinski definition) is 3. The SMILES string of the molecule is CC(C)(C)Cc1cccnc1[C@@H](NC(=O)Nc1cccnc1)c1ccc(C(F)(F)F)cc1. The van der Waals surface area contributed by atoms with E-state index in [0.29, 0.717) is 23.4 Å². The molecular formula is C24H25F3N4O. The second kappa shape index (κ2) is 9.38. The highest BCUT2D eigenvalue weighted by Gasteiger charge is 2.31. The fourth-order valence-electron chi connectivity index (χ4n) is 3.34. The van der Waals surface area contributed by atoms with Gasteiger partial charge in [0.25, 0.3) is 0 Å². The smallest absolute Gasteiger partial charge is 0.325 e. The van der Waals surface area contributed by atoms with Crippen molar-refractivity contribution >= 4 is 11.7 Å². The number of carbonyl (C=O) groups excluding carboxylic acids is 1. The van der Waals surface area contributed by atoms with Crippen LogP contribution >= 0.6 is 0 Å². The fraction of sp³-hybridized carbons (Fsp3) is 0.292. The number of alkyl halides is 3. The number of nitrogens with one attached hydrogen (secondary N) is 2. The van der Waals surface area contributed by atoms with Gasteiger partial charge in [0.05, 0.1) is 29.2 Å². The predicted molar refractivity (Wildman–Crippen MR) is 117 cm³/mol. The van der Waals surface area contributed by atoms with E-state index < -0.39 is 23.8 Å². The third-order valence-corrected chi connectivity index (χ3v) is 4.69. The molecular weight excluding hydrogens is 417 g/mol. The van der Waals surface area contributed by atoms with Crippen LogP contribution in [-0.2, 0) is 12.6 Å². The van der Waals surface area contributed by atoms with Gasteiger partial charge < -0.3 is 10.6 Å². The van der Waals surface area contributed by atoms with E-state index in [2.05, 4.69) is 41.4 Å². The van der Waals surface area contributed by atoms with Gasteiger partial charge in [-0.25, -0.2) is 4.79 Å². The third-order valence-electron chi connectivity index (χ3n) is 4.69. The molecule has 0 fully saturated rings. The molecule has 5 nitrogen and oxygen atoms in total. The van der Waals surface area contributed by atoms with E-state index in [1.807, 2.05) is 12.1 Å². The van der Waals surface area contributed by atoms with Crippen LogP contribution in [0.2, 0.25) is 0 Å². The molecule has 0 saturated carbocycles. The molecule has 1 aromatic carbocycles. The van der Waals surface area contributed by atoms with Crippen molar-refractivity contribution in [1.29, 1.82) is 0 Å². The van der Waals surface area contributed by atoms with Crippen LogP contribution in [-0.4, -0.2) is 16.0 Å². The van der Waals surface area contributed by atoms with E-state index in [4.69, 9.17) is 0 Å². The van der Waals surface area contributed by atoms with Crippen LogP contribution < -0.4 is 10.6 Å². The second-order valence-electron chi connectivity index (χ2n) is 8.68. The Hall–Kier alpha value is -3.42. The van der Waals surface area contributed by atoms with Crippen molar-refractivity contribution in [3.05, 3.63) is 89.5 Å². The first kappa shape index (κ1) is 23.2. The van der Waals surface area contributed by atoms with E-state index in [1.165, 1.54) is 18.3 Å². The third kappa shape index (κ3) is 6.29. The Kier molecular flexibility index (Phi) is 6.81. The fourth-order valence-corrected chi connectivity index (χ4v) is 3.34. The Balaban J connectivity index is 1.97. The minimum atomic E-state index is -4.44. The highest BCUT2D eigenvalue weighted by Crippen LogP contribution is 2.32. The van der Waals surface area contributed by atoms with Crippen LogP contribution in [0.15, 0.2) is 67.1 Å². The number of anilines is 1. The number of carbonyl (C=O) groups is 1. The van der Waals surface area contributed by atoms with Crippen LogP contribution in [0.1, 0.15) is 49.2 Å². The zero-order chi connectivity index (χ0) is 23.4. The van der Waals surface area contributed by atoms with E-state index in [0.717, 1.165) is 17.7 Å². The number of rotatable bonds is 5. The molecule has 2 heterocycles. The Labute approximate surface area is 185 Å². The molecule has 0 aliphatic heterocycles. The maximum Gasteiger partial charge on any atom is 0.416 e. The number of aromatic nitrogens is 2. The summed E-state index contributed by atoms with van der Waals surface area (Å²) < 4.78 is 39.1. The highest BCUT2D eigenvalue weighted by atomic mass is 19.4. The number of urea groups is 1. The van der Waals surface area contributed by atoms with E-state index in [1.54, 1.807) is 24.5 Å². The number of nitrogens with zero attached hydrogens (tertiary/aromatic N) is 2. The summed E-state index contributed by atoms with van der Waals surface area (Å²) in [5.74, 6) is 0. The summed E-state index contributed by atoms with van der Waals surface area (Å²) in [7, 11) is 0. The van der Waals surface area contributed by atoms with Gasteiger partial charge in [0.1, 0.15) is 0 Å². The number of benzene rings is 1. The van der Waals surface area contributed by atoms with Crippen molar-refractivity contribution in [1.82, 2.24) is 15.3 Å². The Bertz CT molecular complexity index is 1050. The van der Waals surface area contributed by atoms with E-state index >= 15 is 0 Å². The molecule has 8 heteroatoms. The van der Waals surface area contributed by atoms with E-state index in [-0.39, 0.29) is 5.41 Å². The first-order valence-corrected chi connectivity index (χ1v) is 10.1. The molecule has 0 saturated heterocycles. The van der Waals surface area contributed by atoms with Gasteiger partial charge in [-0.15, -0.1) is 0 Å². The maximum absolute atomic E-state index is 13.0. The molecule has 0 unspecified atom stereocenters. The molecule has 0 spiro atoms. The van der Waals surface area contributed by atoms with Gasteiger partial charge in [-0.2, -0.15) is 13.2 Å². The monoisotopic (exact) mass is 442 g/mol. The summed E-state index contributed by atoms with van der Waals surface area (Å²) >= 11 is 0. The van der Waals surface area contributed by atoms with Gasteiger partial charge in [0.15, 0.2) is 0 Å². The van der Waals surface area contributed by atoms with Crippen LogP contribution in [0.3, 0.4) is 0 Å². The normalized spacial score (nSPS) is 12.8. The number of halogens is 3. The molecule has 0 aliphatic carbocycles. The molecule has 0 bridgehead atoms. The van der Waals surface area contributed by atoms with Crippen LogP contribution in [0.25, 0.3) is 0 Å². The molecule has 32 heavy (non-hydrogen) atoms. The summed E-state index contributed by atoms with van der Waals surface area (Å²) in [6.07, 6.45) is 0.930. The Morgan fingerprint density at radius 3 is 2.28 bits per heavy atom. The summed E-state index contributed by atoms with van der Waals surface area (Å²) in [6.45, 7) is 6.25. The number of pyridine rings is 2. The lowest BCUT2D eigenvalue weighted by Crippen LogP contribution is -2.34. The zero-order valence-electron chi connectivity index (χ0n) is 18.1. The van der Waals surface area contributed by atoms with Gasteiger partial charge in [0, 0.05) is 12.4 Å². The molecule has 3 aromatic rings. The van der Waals surface area contributed by atoms with Crippen molar-refractivity contribution in [3.63, 3.8) is 0 Å². The van der Waals surface area contributed by atoms with Crippen molar-refractivity contribution in [2.24, 2.45) is 5.41 Å². The average Bonchev–Trinajstić information content (AvgIpc) is 2.72. The minimum Gasteiger partial charge on any atom is -0.325 e. The summed E-state index contributed by atoms with van der Waals surface area (Å²) in [5, 5.41) is 5.56. The Morgan fingerprint density at radius 2 is 1.69 bits per heavy atom. The number of hydrogen-bond donors (Lipinski definition) is 2. The molecule has 2 N–H and O–H groups in total. The van der Waals surface area contributed by atoms with Gasteiger partial charge >= 0.3 is 12.2 Å². The van der Waals surface area contributed by atoms with E-state index in [9.17, 15) is 18.0 Å². The topological polar surface area (TPSA) is 66.9 Å². The molecule has 1 atom stereocenters. The van der Waals surface area contributed by atoms with Gasteiger partial charge in [-0.1, -0.05) is 39.0 Å². The maximum atomic E-state index is 13.0. The highest BCUT2D eigenvalue weighted by molar-refractivity contribution is 5.89. The molecule has 0 radical (unpaired) electrons. The van der Waals surface area contributed by atoms with Gasteiger partial charge in [0.2, 0.25) is 0 Å². The molecule has 2 aromatic heterocycles. The number of amides is 2. The van der Waals surface area contributed by atoms with Crippen molar-refractivity contribution < 1.29 is 18.0 Å². The Morgan fingerprint density at radius 1 is 1.00 bits per heavy atom. The lowest BCUT2D eigenvalue weighted by atomic mass is 9.85. The quantitative estimate of drug-likeness (QED) is 0.510. The second-order valence-corrected chi connectivity index (χ2v) is 8.68. The van der Waals surface area contributed by atoms with Crippen LogP contribution in [0, 0.1) is 5.41 Å². The first-order chi connectivity index (χ1) is 15.0. The summed E-state index contributed by atoms with van der Waals surface area (Å²) in [6, 6.07) is 10.6. The molecule has 3 rings (SSSR count). The van der Waals surface area contributed by atoms with Crippen molar-refractivity contribution in [2.75, 3.05) is 5.32 Å². The minimum absolute atomic E-state index is 0.0551. The summed E-state index contributed by atoms with van der Waals surface area (Å²) in [4.78, 5) is 21.2. The lowest BCUT2D eigenvalue weighted by molar-refractivity contribution is -0.137. The zero-order valence-corrected chi connectivity index (χ0v) is 18.1. The van der Waals surface area contributed by atoms with Crippen molar-refractivity contribution in [3.8, 4) is 0 Å². The standard InChI is InChI=1S/C24H25F3N4O/c1-23(2,3)14-17-6-4-13-29-20(17)21(16-8-10-18(11-9-16)24(25,26)27)31-22(32)30-19-7-5-12-28-15-19/h4-13,15,21H,14H2,1-3H3,(H2,30,31,32)/t21-/m0/s1. The predicted octanol–water partition coefficient (Wildman–Crippen LogP) is 6.00. The van der Waals surface area contributed by atoms with Crippen LogP contribution in [0.5, 0.6) is 0 Å². The molecule has 2 amide bonds. The average molecular weight is 442 g/mol. The van der Waals surface area contributed by atoms with Gasteiger partial charge in [-0.05, 0) is 53.3 Å². The molecule has 168 valence electrons. The summed E-state index contributed by atoms with van der Waals surface area (Å²) in [5.41, 5.74) is 1.67. The first-order valence-electron chi connectivity index (χ1n) is 10.1. The van der Waals surface area contributed by atoms with Crippen LogP contribution in [0.4, 0.5) is 23.7 Å². The van der Waals surface area contributed by atoms with Crippen molar-refractivity contribution in [2.45, 2.75) is 39.4 Å². The van der Waals surface area contributed by atoms with Gasteiger partial charge in [-0.3, -0.25) is 9.97 Å². The lowest BCUT2D eigenvalue weighted by Gasteiger charge is -2.25. The molecule has 0 aliphatic rings. The largest absolute Gasteiger partial charge is 0.416 e.